The monoisotopic (exact) mass is 294 g/mol. The van der Waals surface area contributed by atoms with Gasteiger partial charge in [0.15, 0.2) is 0 Å². The first-order valence-corrected chi connectivity index (χ1v) is 8.55. The number of hydrogen-bond donors (Lipinski definition) is 1. The Kier molecular flexibility index (Phi) is 5.75. The van der Waals surface area contributed by atoms with Crippen LogP contribution in [0.25, 0.3) is 0 Å². The maximum Gasteiger partial charge on any atom is 0.119 e. The van der Waals surface area contributed by atoms with Gasteiger partial charge in [0.05, 0.1) is 13.2 Å². The van der Waals surface area contributed by atoms with Crippen LogP contribution < -0.4 is 10.5 Å². The Morgan fingerprint density at radius 3 is 2.95 bits per heavy atom. The summed E-state index contributed by atoms with van der Waals surface area (Å²) in [6.07, 6.45) is 0.984. The molecule has 4 heteroatoms. The molecule has 1 aromatic carbocycles. The van der Waals surface area contributed by atoms with Crippen molar-refractivity contribution in [3.05, 3.63) is 29.8 Å². The summed E-state index contributed by atoms with van der Waals surface area (Å²) in [5.41, 5.74) is 7.72. The van der Waals surface area contributed by atoms with E-state index in [1.54, 1.807) is 7.11 Å². The van der Waals surface area contributed by atoms with Gasteiger partial charge < -0.3 is 10.5 Å². The molecule has 1 fully saturated rings. The molecular weight excluding hydrogens is 268 g/mol. The fourth-order valence-corrected chi connectivity index (χ4v) is 3.93. The van der Waals surface area contributed by atoms with Crippen molar-refractivity contribution in [1.82, 2.24) is 4.90 Å². The molecule has 0 spiro atoms. The largest absolute Gasteiger partial charge is 0.497 e. The maximum atomic E-state index is 6.44. The zero-order valence-electron chi connectivity index (χ0n) is 12.7. The van der Waals surface area contributed by atoms with Gasteiger partial charge in [-0.1, -0.05) is 19.1 Å². The van der Waals surface area contributed by atoms with Crippen LogP contribution in [0.15, 0.2) is 24.3 Å². The Morgan fingerprint density at radius 1 is 1.50 bits per heavy atom. The van der Waals surface area contributed by atoms with E-state index in [4.69, 9.17) is 10.5 Å². The molecule has 1 aliphatic heterocycles. The molecule has 1 saturated heterocycles. The van der Waals surface area contributed by atoms with Crippen LogP contribution in [0.1, 0.15) is 31.9 Å². The molecule has 0 radical (unpaired) electrons. The second-order valence-electron chi connectivity index (χ2n) is 5.46. The van der Waals surface area contributed by atoms with Gasteiger partial charge >= 0.3 is 0 Å². The van der Waals surface area contributed by atoms with E-state index in [0.717, 1.165) is 18.7 Å². The third-order valence-electron chi connectivity index (χ3n) is 4.09. The van der Waals surface area contributed by atoms with Crippen LogP contribution in [0.5, 0.6) is 5.75 Å². The van der Waals surface area contributed by atoms with E-state index < -0.39 is 0 Å². The summed E-state index contributed by atoms with van der Waals surface area (Å²) in [7, 11) is 1.72. The van der Waals surface area contributed by atoms with E-state index >= 15 is 0 Å². The summed E-state index contributed by atoms with van der Waals surface area (Å²) in [6, 6.07) is 9.38. The zero-order valence-corrected chi connectivity index (χ0v) is 13.5. The third kappa shape index (κ3) is 3.48. The number of ether oxygens (including phenoxy) is 1. The minimum Gasteiger partial charge on any atom is -0.497 e. The number of rotatable bonds is 5. The Labute approximate surface area is 126 Å². The Morgan fingerprint density at radius 2 is 2.30 bits per heavy atom. The second-order valence-corrected chi connectivity index (χ2v) is 6.61. The van der Waals surface area contributed by atoms with Gasteiger partial charge in [-0.25, -0.2) is 0 Å². The topological polar surface area (TPSA) is 38.5 Å². The summed E-state index contributed by atoms with van der Waals surface area (Å²) in [5.74, 6) is 3.30. The minimum atomic E-state index is 0.160. The van der Waals surface area contributed by atoms with Crippen molar-refractivity contribution in [2.45, 2.75) is 38.4 Å². The van der Waals surface area contributed by atoms with Gasteiger partial charge in [-0.05, 0) is 31.0 Å². The second kappa shape index (κ2) is 7.34. The quantitative estimate of drug-likeness (QED) is 0.906. The highest BCUT2D eigenvalue weighted by atomic mass is 32.2. The molecule has 0 saturated carbocycles. The fourth-order valence-electron chi connectivity index (χ4n) is 2.89. The molecule has 3 atom stereocenters. The molecule has 0 aromatic heterocycles. The molecule has 0 aliphatic carbocycles. The molecule has 3 unspecified atom stereocenters. The van der Waals surface area contributed by atoms with Crippen molar-refractivity contribution in [2.24, 2.45) is 5.73 Å². The molecule has 20 heavy (non-hydrogen) atoms. The molecule has 2 rings (SSSR count). The normalized spacial score (nSPS) is 23.3. The van der Waals surface area contributed by atoms with Crippen LogP contribution in [0.2, 0.25) is 0 Å². The molecule has 1 heterocycles. The molecule has 1 aromatic rings. The zero-order chi connectivity index (χ0) is 14.5. The van der Waals surface area contributed by atoms with Crippen LogP contribution in [0.4, 0.5) is 0 Å². The van der Waals surface area contributed by atoms with E-state index in [-0.39, 0.29) is 12.1 Å². The third-order valence-corrected chi connectivity index (χ3v) is 5.28. The van der Waals surface area contributed by atoms with Crippen LogP contribution in [0, 0.1) is 0 Å². The van der Waals surface area contributed by atoms with E-state index in [1.807, 2.05) is 17.8 Å². The van der Waals surface area contributed by atoms with E-state index in [9.17, 15) is 0 Å². The number of thioether (sulfide) groups is 1. The first kappa shape index (κ1) is 15.7. The molecule has 3 nitrogen and oxygen atoms in total. The van der Waals surface area contributed by atoms with Crippen molar-refractivity contribution in [3.63, 3.8) is 0 Å². The first-order chi connectivity index (χ1) is 9.67. The van der Waals surface area contributed by atoms with Crippen LogP contribution >= 0.6 is 11.8 Å². The number of benzene rings is 1. The van der Waals surface area contributed by atoms with Crippen LogP contribution in [0.3, 0.4) is 0 Å². The maximum absolute atomic E-state index is 6.44. The number of nitrogens with zero attached hydrogens (tertiary/aromatic N) is 1. The van der Waals surface area contributed by atoms with E-state index in [2.05, 4.69) is 36.9 Å². The smallest absolute Gasteiger partial charge is 0.119 e. The molecule has 2 N–H and O–H groups in total. The average molecular weight is 294 g/mol. The summed E-state index contributed by atoms with van der Waals surface area (Å²) in [5, 5.41) is 0. The SMILES string of the molecule is CCC(N)C(c1cccc(OC)c1)N1CCSCC1C. The van der Waals surface area contributed by atoms with Crippen molar-refractivity contribution >= 4 is 11.8 Å². The lowest BCUT2D eigenvalue weighted by molar-refractivity contribution is 0.137. The highest BCUT2D eigenvalue weighted by Crippen LogP contribution is 2.32. The molecule has 112 valence electrons. The fraction of sp³-hybridized carbons (Fsp3) is 0.625. The molecule has 1 aliphatic rings. The van der Waals surface area contributed by atoms with Gasteiger partial charge in [-0.3, -0.25) is 4.90 Å². The predicted molar refractivity (Wildman–Crippen MR) is 87.5 cm³/mol. The van der Waals surface area contributed by atoms with Gasteiger partial charge in [0.1, 0.15) is 5.75 Å². The van der Waals surface area contributed by atoms with E-state index in [1.165, 1.54) is 17.1 Å². The highest BCUT2D eigenvalue weighted by molar-refractivity contribution is 7.99. The Bertz CT molecular complexity index is 427. The molecule has 0 bridgehead atoms. The summed E-state index contributed by atoms with van der Waals surface area (Å²) in [6.45, 7) is 5.59. The van der Waals surface area contributed by atoms with Crippen LogP contribution in [-0.2, 0) is 0 Å². The summed E-state index contributed by atoms with van der Waals surface area (Å²) >= 11 is 2.04. The average Bonchev–Trinajstić information content (AvgIpc) is 2.49. The van der Waals surface area contributed by atoms with Gasteiger partial charge in [-0.2, -0.15) is 11.8 Å². The number of methoxy groups -OCH3 is 1. The lowest BCUT2D eigenvalue weighted by Crippen LogP contribution is -2.48. The van der Waals surface area contributed by atoms with Gasteiger partial charge in [0.25, 0.3) is 0 Å². The molecular formula is C16H26N2OS. The van der Waals surface area contributed by atoms with Crippen molar-refractivity contribution in [1.29, 1.82) is 0 Å². The standard InChI is InChI=1S/C16H26N2OS/c1-4-15(17)16(18-8-9-20-11-12(18)2)13-6-5-7-14(10-13)19-3/h5-7,10,12,15-16H,4,8-9,11,17H2,1-3H3. The van der Waals surface area contributed by atoms with Gasteiger partial charge in [-0.15, -0.1) is 0 Å². The predicted octanol–water partition coefficient (Wildman–Crippen LogP) is 2.91. The van der Waals surface area contributed by atoms with Crippen LogP contribution in [-0.4, -0.2) is 42.1 Å². The Balaban J connectivity index is 2.30. The van der Waals surface area contributed by atoms with Gasteiger partial charge in [0.2, 0.25) is 0 Å². The lowest BCUT2D eigenvalue weighted by Gasteiger charge is -2.42. The minimum absolute atomic E-state index is 0.160. The summed E-state index contributed by atoms with van der Waals surface area (Å²) in [4.78, 5) is 2.57. The molecule has 0 amide bonds. The number of hydrogen-bond acceptors (Lipinski definition) is 4. The first-order valence-electron chi connectivity index (χ1n) is 7.40. The number of nitrogens with two attached hydrogens (primary N) is 1. The summed E-state index contributed by atoms with van der Waals surface area (Å²) < 4.78 is 5.37. The van der Waals surface area contributed by atoms with Gasteiger partial charge in [0, 0.05) is 30.1 Å². The van der Waals surface area contributed by atoms with Crippen molar-refractivity contribution in [3.8, 4) is 5.75 Å². The van der Waals surface area contributed by atoms with E-state index in [0.29, 0.717) is 6.04 Å². The Hall–Kier alpha value is -0.710. The highest BCUT2D eigenvalue weighted by Gasteiger charge is 2.31. The van der Waals surface area contributed by atoms with Crippen molar-refractivity contribution in [2.75, 3.05) is 25.2 Å². The lowest BCUT2D eigenvalue weighted by atomic mass is 9.95. The van der Waals surface area contributed by atoms with Crippen molar-refractivity contribution < 1.29 is 4.74 Å².